The number of piperidine rings is 1. The largest absolute Gasteiger partial charge is 0.470 e. The summed E-state index contributed by atoms with van der Waals surface area (Å²) in [5.41, 5.74) is 8.12. The normalized spacial score (nSPS) is 16.8. The minimum Gasteiger partial charge on any atom is -0.470 e. The first-order valence-corrected chi connectivity index (χ1v) is 8.86. The minimum absolute atomic E-state index is 0.0999. The van der Waals surface area contributed by atoms with Gasteiger partial charge in [-0.05, 0) is 25.8 Å². The summed E-state index contributed by atoms with van der Waals surface area (Å²) in [5.74, 6) is 1.22. The van der Waals surface area contributed by atoms with Crippen LogP contribution in [0.2, 0.25) is 5.02 Å². The maximum absolute atomic E-state index is 6.20. The zero-order valence-corrected chi connectivity index (χ0v) is 15.2. The maximum atomic E-state index is 6.20. The highest BCUT2D eigenvalue weighted by Crippen LogP contribution is 2.26. The van der Waals surface area contributed by atoms with Crippen molar-refractivity contribution in [2.45, 2.75) is 31.9 Å². The van der Waals surface area contributed by atoms with Crippen molar-refractivity contribution in [1.82, 2.24) is 25.1 Å². The zero-order valence-electron chi connectivity index (χ0n) is 14.4. The van der Waals surface area contributed by atoms with Crippen LogP contribution in [-0.2, 0) is 6.61 Å². The first-order chi connectivity index (χ1) is 12.5. The SMILES string of the molecule is CC1(N)CCN(c2cnc3c(OCc4ccncc4Cl)n[nH]c3n2)CC1. The number of hydrogen-bond donors (Lipinski definition) is 2. The number of ether oxygens (including phenoxy) is 1. The van der Waals surface area contributed by atoms with Crippen molar-refractivity contribution < 1.29 is 4.74 Å². The molecule has 136 valence electrons. The summed E-state index contributed by atoms with van der Waals surface area (Å²) in [6.07, 6.45) is 6.86. The van der Waals surface area contributed by atoms with E-state index in [2.05, 4.69) is 37.0 Å². The molecule has 8 nitrogen and oxygen atoms in total. The molecule has 0 radical (unpaired) electrons. The first-order valence-electron chi connectivity index (χ1n) is 8.48. The van der Waals surface area contributed by atoms with Crippen LogP contribution in [0, 0.1) is 0 Å². The average Bonchev–Trinajstić information content (AvgIpc) is 3.03. The summed E-state index contributed by atoms with van der Waals surface area (Å²) in [4.78, 5) is 15.3. The summed E-state index contributed by atoms with van der Waals surface area (Å²) >= 11 is 6.10. The van der Waals surface area contributed by atoms with Gasteiger partial charge in [0, 0.05) is 36.6 Å². The number of pyridine rings is 1. The lowest BCUT2D eigenvalue weighted by Crippen LogP contribution is -2.48. The van der Waals surface area contributed by atoms with E-state index in [1.165, 1.54) is 0 Å². The van der Waals surface area contributed by atoms with E-state index in [1.807, 2.05) is 6.07 Å². The summed E-state index contributed by atoms with van der Waals surface area (Å²) < 4.78 is 5.75. The number of rotatable bonds is 4. The van der Waals surface area contributed by atoms with Gasteiger partial charge >= 0.3 is 0 Å². The number of nitrogens with two attached hydrogens (primary N) is 1. The lowest BCUT2D eigenvalue weighted by atomic mass is 9.91. The van der Waals surface area contributed by atoms with E-state index in [9.17, 15) is 0 Å². The van der Waals surface area contributed by atoms with Crippen LogP contribution in [0.15, 0.2) is 24.7 Å². The molecule has 0 atom stereocenters. The Kier molecular flexibility index (Phi) is 4.37. The van der Waals surface area contributed by atoms with E-state index in [4.69, 9.17) is 22.1 Å². The van der Waals surface area contributed by atoms with Crippen molar-refractivity contribution in [1.29, 1.82) is 0 Å². The quantitative estimate of drug-likeness (QED) is 0.722. The number of H-pyrrole nitrogens is 1. The molecule has 0 spiro atoms. The third-order valence-corrected chi connectivity index (χ3v) is 5.02. The molecule has 4 heterocycles. The molecular formula is C17H20ClN7O. The second-order valence-electron chi connectivity index (χ2n) is 6.85. The highest BCUT2D eigenvalue weighted by Gasteiger charge is 2.27. The van der Waals surface area contributed by atoms with Gasteiger partial charge in [-0.15, -0.1) is 5.10 Å². The molecule has 0 amide bonds. The fraction of sp³-hybridized carbons (Fsp3) is 0.412. The number of nitrogens with one attached hydrogen (secondary N) is 1. The molecule has 3 N–H and O–H groups in total. The number of nitrogens with zero attached hydrogens (tertiary/aromatic N) is 5. The van der Waals surface area contributed by atoms with Crippen LogP contribution in [0.4, 0.5) is 5.82 Å². The van der Waals surface area contributed by atoms with Gasteiger partial charge in [-0.1, -0.05) is 11.6 Å². The molecule has 1 saturated heterocycles. The van der Waals surface area contributed by atoms with Gasteiger partial charge in [-0.2, -0.15) is 0 Å². The predicted molar refractivity (Wildman–Crippen MR) is 99.3 cm³/mol. The van der Waals surface area contributed by atoms with Gasteiger partial charge in [0.05, 0.1) is 11.2 Å². The smallest absolute Gasteiger partial charge is 0.261 e. The molecule has 1 aliphatic heterocycles. The van der Waals surface area contributed by atoms with Crippen LogP contribution in [0.25, 0.3) is 11.2 Å². The molecule has 0 saturated carbocycles. The molecule has 26 heavy (non-hydrogen) atoms. The van der Waals surface area contributed by atoms with Gasteiger partial charge in [-0.3, -0.25) is 10.1 Å². The van der Waals surface area contributed by atoms with E-state index < -0.39 is 0 Å². The van der Waals surface area contributed by atoms with Crippen molar-refractivity contribution in [3.05, 3.63) is 35.2 Å². The molecule has 4 rings (SSSR count). The molecule has 0 aliphatic carbocycles. The Morgan fingerprint density at radius 2 is 2.15 bits per heavy atom. The van der Waals surface area contributed by atoms with Crippen LogP contribution < -0.4 is 15.4 Å². The molecule has 3 aromatic heterocycles. The summed E-state index contributed by atoms with van der Waals surface area (Å²) in [7, 11) is 0. The minimum atomic E-state index is -0.0999. The fourth-order valence-corrected chi connectivity index (χ4v) is 3.11. The topological polar surface area (TPSA) is 106 Å². The van der Waals surface area contributed by atoms with E-state index in [0.717, 1.165) is 37.3 Å². The second kappa shape index (κ2) is 6.69. The highest BCUT2D eigenvalue weighted by molar-refractivity contribution is 6.31. The van der Waals surface area contributed by atoms with E-state index >= 15 is 0 Å². The molecule has 9 heteroatoms. The Hall–Kier alpha value is -2.45. The van der Waals surface area contributed by atoms with Crippen molar-refractivity contribution in [2.24, 2.45) is 5.73 Å². The van der Waals surface area contributed by atoms with Crippen molar-refractivity contribution >= 4 is 28.6 Å². The van der Waals surface area contributed by atoms with Crippen molar-refractivity contribution in [3.8, 4) is 5.88 Å². The van der Waals surface area contributed by atoms with Crippen LogP contribution in [0.3, 0.4) is 0 Å². The average molecular weight is 374 g/mol. The second-order valence-corrected chi connectivity index (χ2v) is 7.26. The third kappa shape index (κ3) is 3.42. The van der Waals surface area contributed by atoms with E-state index in [0.29, 0.717) is 22.1 Å². The lowest BCUT2D eigenvalue weighted by Gasteiger charge is -2.37. The Morgan fingerprint density at radius 3 is 2.92 bits per heavy atom. The van der Waals surface area contributed by atoms with Gasteiger partial charge in [0.25, 0.3) is 5.88 Å². The molecule has 1 fully saturated rings. The molecule has 0 aromatic carbocycles. The third-order valence-electron chi connectivity index (χ3n) is 4.68. The van der Waals surface area contributed by atoms with Gasteiger partial charge < -0.3 is 15.4 Å². The standard InChI is InChI=1S/C17H20ClN7O/c1-17(19)3-6-25(7-4-17)13-9-21-14-15(22-13)23-24-16(14)26-10-11-2-5-20-8-12(11)18/h2,5,8-9H,3-4,6-7,10,19H2,1H3,(H,22,23,24). The Labute approximate surface area is 155 Å². The molecule has 0 unspecified atom stereocenters. The van der Waals surface area contributed by atoms with Crippen LogP contribution in [0.1, 0.15) is 25.3 Å². The van der Waals surface area contributed by atoms with Gasteiger partial charge in [0.15, 0.2) is 11.2 Å². The van der Waals surface area contributed by atoms with Crippen molar-refractivity contribution in [2.75, 3.05) is 18.0 Å². The summed E-state index contributed by atoms with van der Waals surface area (Å²) in [6.45, 7) is 4.11. The van der Waals surface area contributed by atoms with E-state index in [1.54, 1.807) is 18.6 Å². The number of fused-ring (bicyclic) bond motifs is 1. The van der Waals surface area contributed by atoms with Gasteiger partial charge in [0.1, 0.15) is 12.4 Å². The maximum Gasteiger partial charge on any atom is 0.261 e. The Balaban J connectivity index is 1.50. The lowest BCUT2D eigenvalue weighted by molar-refractivity contribution is 0.296. The van der Waals surface area contributed by atoms with E-state index in [-0.39, 0.29) is 12.1 Å². The van der Waals surface area contributed by atoms with Gasteiger partial charge in [0.2, 0.25) is 0 Å². The van der Waals surface area contributed by atoms with Crippen molar-refractivity contribution in [3.63, 3.8) is 0 Å². The van der Waals surface area contributed by atoms with Crippen LogP contribution in [-0.4, -0.2) is 43.8 Å². The van der Waals surface area contributed by atoms with Gasteiger partial charge in [-0.25, -0.2) is 9.97 Å². The number of aromatic nitrogens is 5. The zero-order chi connectivity index (χ0) is 18.1. The number of hydrogen-bond acceptors (Lipinski definition) is 7. The molecule has 3 aromatic rings. The molecule has 1 aliphatic rings. The van der Waals surface area contributed by atoms with Crippen LogP contribution in [0.5, 0.6) is 5.88 Å². The number of anilines is 1. The predicted octanol–water partition coefficient (Wildman–Crippen LogP) is 2.30. The molecular weight excluding hydrogens is 354 g/mol. The Bertz CT molecular complexity index is 916. The Morgan fingerprint density at radius 1 is 1.35 bits per heavy atom. The summed E-state index contributed by atoms with van der Waals surface area (Å²) in [5, 5.41) is 7.62. The monoisotopic (exact) mass is 373 g/mol. The first kappa shape index (κ1) is 17.0. The molecule has 0 bridgehead atoms. The number of aromatic amines is 1. The fourth-order valence-electron chi connectivity index (χ4n) is 2.94. The highest BCUT2D eigenvalue weighted by atomic mass is 35.5. The van der Waals surface area contributed by atoms with Crippen LogP contribution >= 0.6 is 11.6 Å². The summed E-state index contributed by atoms with van der Waals surface area (Å²) in [6, 6.07) is 1.81. The number of halogens is 1.